The van der Waals surface area contributed by atoms with Crippen LogP contribution in [0.25, 0.3) is 0 Å². The highest BCUT2D eigenvalue weighted by Gasteiger charge is 2.16. The lowest BCUT2D eigenvalue weighted by molar-refractivity contribution is -0.116. The van der Waals surface area contributed by atoms with Crippen LogP contribution in [0.15, 0.2) is 27.8 Å². The highest BCUT2D eigenvalue weighted by atomic mass is 32.1. The largest absolute Gasteiger partial charge is 0.512 e. The minimum Gasteiger partial charge on any atom is -0.512 e. The van der Waals surface area contributed by atoms with Crippen LogP contribution in [0.1, 0.15) is 24.2 Å². The number of alkyl carbamates (subject to hydrolysis) is 1. The lowest BCUT2D eigenvalue weighted by Crippen LogP contribution is -2.33. The molecule has 1 aromatic heterocycles. The summed E-state index contributed by atoms with van der Waals surface area (Å²) in [5, 5.41) is 13.4. The van der Waals surface area contributed by atoms with Crippen LogP contribution in [0.5, 0.6) is 0 Å². The van der Waals surface area contributed by atoms with E-state index in [1.54, 1.807) is 12.3 Å². The van der Waals surface area contributed by atoms with Crippen molar-refractivity contribution in [2.24, 2.45) is 4.99 Å². The third-order valence-corrected chi connectivity index (χ3v) is 3.31. The quantitative estimate of drug-likeness (QED) is 0.368. The van der Waals surface area contributed by atoms with E-state index >= 15 is 0 Å². The zero-order valence-electron chi connectivity index (χ0n) is 12.8. The first kappa shape index (κ1) is 18.4. The summed E-state index contributed by atoms with van der Waals surface area (Å²) >= 11 is 1.15. The molecule has 0 radical (unpaired) electrons. The number of esters is 1. The maximum absolute atomic E-state index is 11.9. The number of aliphatic imine (C=N–C) groups is 1. The predicted octanol–water partition coefficient (Wildman–Crippen LogP) is 2.34. The number of carbonyl (C=O) groups is 3. The molecule has 124 valence electrons. The number of aliphatic hydroxyl groups is 1. The van der Waals surface area contributed by atoms with E-state index in [0.29, 0.717) is 5.00 Å². The molecule has 2 N–H and O–H groups in total. The third kappa shape index (κ3) is 5.22. The van der Waals surface area contributed by atoms with Crippen molar-refractivity contribution in [3.63, 3.8) is 0 Å². The van der Waals surface area contributed by atoms with E-state index in [2.05, 4.69) is 14.5 Å². The fourth-order valence-electron chi connectivity index (χ4n) is 1.43. The molecule has 0 aromatic carbocycles. The molecule has 1 aromatic rings. The van der Waals surface area contributed by atoms with Crippen molar-refractivity contribution < 1.29 is 29.0 Å². The van der Waals surface area contributed by atoms with Gasteiger partial charge in [0, 0.05) is 6.21 Å². The first-order valence-electron chi connectivity index (χ1n) is 6.48. The molecule has 0 aliphatic heterocycles. The van der Waals surface area contributed by atoms with Crippen LogP contribution in [-0.2, 0) is 14.3 Å². The lowest BCUT2D eigenvalue weighted by atomic mass is 10.2. The average molecular weight is 340 g/mol. The highest BCUT2D eigenvalue weighted by Crippen LogP contribution is 2.27. The highest BCUT2D eigenvalue weighted by molar-refractivity contribution is 7.14. The SMILES string of the molecule is CCOC(=O)NC(=O)C(/C=N/c1sccc1C(=O)OC)=C(/C)O. The Morgan fingerprint density at radius 1 is 1.43 bits per heavy atom. The summed E-state index contributed by atoms with van der Waals surface area (Å²) in [6.45, 7) is 2.95. The number of nitrogens with one attached hydrogen (secondary N) is 1. The molecule has 0 saturated heterocycles. The van der Waals surface area contributed by atoms with Crippen LogP contribution in [0.4, 0.5) is 9.80 Å². The molecule has 0 fully saturated rings. The summed E-state index contributed by atoms with van der Waals surface area (Å²) in [5.74, 6) is -1.78. The van der Waals surface area contributed by atoms with Gasteiger partial charge in [-0.15, -0.1) is 11.3 Å². The van der Waals surface area contributed by atoms with Gasteiger partial charge in [-0.2, -0.15) is 0 Å². The second kappa shape index (κ2) is 8.69. The fourth-order valence-corrected chi connectivity index (χ4v) is 2.16. The van der Waals surface area contributed by atoms with E-state index in [1.165, 1.54) is 20.1 Å². The van der Waals surface area contributed by atoms with Crippen LogP contribution >= 0.6 is 11.3 Å². The number of allylic oxidation sites excluding steroid dienone is 1. The number of ether oxygens (including phenoxy) is 2. The van der Waals surface area contributed by atoms with E-state index in [9.17, 15) is 19.5 Å². The molecule has 2 amide bonds. The summed E-state index contributed by atoms with van der Waals surface area (Å²) in [4.78, 5) is 38.7. The molecule has 0 bridgehead atoms. The van der Waals surface area contributed by atoms with Gasteiger partial charge in [-0.05, 0) is 25.3 Å². The second-order valence-corrected chi connectivity index (χ2v) is 4.96. The van der Waals surface area contributed by atoms with Gasteiger partial charge in [0.2, 0.25) is 0 Å². The minimum atomic E-state index is -0.934. The summed E-state index contributed by atoms with van der Waals surface area (Å²) in [6.07, 6.45) is 0.123. The molecule has 9 heteroatoms. The molecule has 0 aliphatic rings. The maximum atomic E-state index is 11.9. The number of methoxy groups -OCH3 is 1. The fraction of sp³-hybridized carbons (Fsp3) is 0.286. The molecule has 1 heterocycles. The molecule has 23 heavy (non-hydrogen) atoms. The topological polar surface area (TPSA) is 114 Å². The van der Waals surface area contributed by atoms with Gasteiger partial charge in [-0.25, -0.2) is 14.6 Å². The van der Waals surface area contributed by atoms with Crippen molar-refractivity contribution in [3.8, 4) is 0 Å². The average Bonchev–Trinajstić information content (AvgIpc) is 2.94. The number of aliphatic hydroxyl groups excluding tert-OH is 1. The Kier molecular flexibility index (Phi) is 6.94. The summed E-state index contributed by atoms with van der Waals surface area (Å²) < 4.78 is 9.19. The van der Waals surface area contributed by atoms with E-state index < -0.39 is 18.0 Å². The van der Waals surface area contributed by atoms with Crippen LogP contribution < -0.4 is 5.32 Å². The van der Waals surface area contributed by atoms with Crippen molar-refractivity contribution in [2.45, 2.75) is 13.8 Å². The monoisotopic (exact) mass is 340 g/mol. The predicted molar refractivity (Wildman–Crippen MR) is 84.3 cm³/mol. The van der Waals surface area contributed by atoms with E-state index in [4.69, 9.17) is 0 Å². The molecule has 1 rings (SSSR count). The van der Waals surface area contributed by atoms with Crippen molar-refractivity contribution >= 4 is 40.5 Å². The van der Waals surface area contributed by atoms with E-state index in [-0.39, 0.29) is 23.5 Å². The van der Waals surface area contributed by atoms with Gasteiger partial charge in [-0.1, -0.05) is 0 Å². The van der Waals surface area contributed by atoms with Gasteiger partial charge in [0.25, 0.3) is 5.91 Å². The van der Waals surface area contributed by atoms with Gasteiger partial charge in [0.05, 0.1) is 24.9 Å². The minimum absolute atomic E-state index is 0.0992. The normalized spacial score (nSPS) is 11.8. The van der Waals surface area contributed by atoms with Crippen LogP contribution in [0.2, 0.25) is 0 Å². The second-order valence-electron chi connectivity index (χ2n) is 4.06. The summed E-state index contributed by atoms with van der Waals surface area (Å²) in [6, 6.07) is 1.52. The number of carbonyl (C=O) groups excluding carboxylic acids is 3. The molecule has 0 spiro atoms. The standard InChI is InChI=1S/C14H16N2O6S/c1-4-22-14(20)16-11(18)10(8(2)17)7-15-12-9(5-6-23-12)13(19)21-3/h5-7,17H,4H2,1-3H3,(H,16,18,20)/b10-8-,15-7+. The zero-order chi connectivity index (χ0) is 17.4. The van der Waals surface area contributed by atoms with Crippen molar-refractivity contribution in [1.29, 1.82) is 0 Å². The first-order valence-corrected chi connectivity index (χ1v) is 7.36. The van der Waals surface area contributed by atoms with Crippen molar-refractivity contribution in [3.05, 3.63) is 28.3 Å². The molecule has 0 unspecified atom stereocenters. The number of amides is 2. The number of thiophene rings is 1. The molecular formula is C14H16N2O6S. The summed E-state index contributed by atoms with van der Waals surface area (Å²) in [7, 11) is 1.24. The number of imide groups is 1. The molecular weight excluding hydrogens is 324 g/mol. The number of rotatable bonds is 5. The Morgan fingerprint density at radius 2 is 2.13 bits per heavy atom. The van der Waals surface area contributed by atoms with Crippen LogP contribution in [-0.4, -0.2) is 43.0 Å². The summed E-state index contributed by atoms with van der Waals surface area (Å²) in [5.41, 5.74) is -0.00300. The zero-order valence-corrected chi connectivity index (χ0v) is 13.6. The Hall–Kier alpha value is -2.68. The third-order valence-electron chi connectivity index (χ3n) is 2.49. The molecule has 8 nitrogen and oxygen atoms in total. The molecule has 0 atom stereocenters. The first-order chi connectivity index (χ1) is 10.9. The van der Waals surface area contributed by atoms with Crippen molar-refractivity contribution in [1.82, 2.24) is 5.32 Å². The van der Waals surface area contributed by atoms with E-state index in [0.717, 1.165) is 17.6 Å². The Labute approximate surface area is 136 Å². The number of hydrogen-bond donors (Lipinski definition) is 2. The molecule has 0 saturated carbocycles. The van der Waals surface area contributed by atoms with Crippen molar-refractivity contribution in [2.75, 3.05) is 13.7 Å². The van der Waals surface area contributed by atoms with Gasteiger partial charge >= 0.3 is 12.1 Å². The Bertz CT molecular complexity index is 658. The lowest BCUT2D eigenvalue weighted by Gasteiger charge is -2.05. The van der Waals surface area contributed by atoms with Gasteiger partial charge in [0.1, 0.15) is 10.8 Å². The number of hydrogen-bond acceptors (Lipinski definition) is 8. The van der Waals surface area contributed by atoms with Gasteiger partial charge in [0.15, 0.2) is 0 Å². The van der Waals surface area contributed by atoms with Crippen LogP contribution in [0, 0.1) is 0 Å². The van der Waals surface area contributed by atoms with Gasteiger partial charge < -0.3 is 14.6 Å². The number of nitrogens with zero attached hydrogens (tertiary/aromatic N) is 1. The Morgan fingerprint density at radius 3 is 2.70 bits per heavy atom. The smallest absolute Gasteiger partial charge is 0.414 e. The van der Waals surface area contributed by atoms with Crippen LogP contribution in [0.3, 0.4) is 0 Å². The van der Waals surface area contributed by atoms with Gasteiger partial charge in [-0.3, -0.25) is 10.1 Å². The molecule has 0 aliphatic carbocycles. The maximum Gasteiger partial charge on any atom is 0.414 e. The van der Waals surface area contributed by atoms with E-state index in [1.807, 2.05) is 5.32 Å². The Balaban J connectivity index is 2.96.